The van der Waals surface area contributed by atoms with Gasteiger partial charge in [0.2, 0.25) is 0 Å². The normalized spacial score (nSPS) is 15.2. The van der Waals surface area contributed by atoms with Crippen LogP contribution in [0.5, 0.6) is 11.5 Å². The van der Waals surface area contributed by atoms with Crippen LogP contribution >= 0.6 is 0 Å². The highest BCUT2D eigenvalue weighted by Crippen LogP contribution is 2.29. The number of ether oxygens (including phenoxy) is 2. The SMILES string of the molecule is CCOc1cc(CN2CCC(NC(=O)c3ccc(C(C)(C)C(=O)O)cc3)CC2)ccc1OC. The molecule has 1 aliphatic rings. The number of benzene rings is 2. The Morgan fingerprint density at radius 1 is 1.09 bits per heavy atom. The first-order chi connectivity index (χ1) is 15.7. The summed E-state index contributed by atoms with van der Waals surface area (Å²) in [6.45, 7) is 8.47. The maximum absolute atomic E-state index is 12.7. The molecular weight excluding hydrogens is 420 g/mol. The minimum Gasteiger partial charge on any atom is -0.493 e. The molecule has 0 aromatic heterocycles. The highest BCUT2D eigenvalue weighted by molar-refractivity contribution is 5.94. The quantitative estimate of drug-likeness (QED) is 0.598. The van der Waals surface area contributed by atoms with E-state index in [9.17, 15) is 14.7 Å². The third-order valence-electron chi connectivity index (χ3n) is 6.26. The second-order valence-electron chi connectivity index (χ2n) is 8.95. The Morgan fingerprint density at radius 3 is 2.33 bits per heavy atom. The van der Waals surface area contributed by atoms with Crippen molar-refractivity contribution in [2.45, 2.75) is 51.6 Å². The zero-order chi connectivity index (χ0) is 24.0. The van der Waals surface area contributed by atoms with Crippen LogP contribution in [0.15, 0.2) is 42.5 Å². The molecular formula is C26H34N2O5. The fourth-order valence-corrected chi connectivity index (χ4v) is 4.01. The Kier molecular flexibility index (Phi) is 7.97. The number of rotatable bonds is 9. The number of carbonyl (C=O) groups is 2. The summed E-state index contributed by atoms with van der Waals surface area (Å²) < 4.78 is 11.0. The lowest BCUT2D eigenvalue weighted by Gasteiger charge is -2.32. The third kappa shape index (κ3) is 6.05. The first-order valence-electron chi connectivity index (χ1n) is 11.4. The van der Waals surface area contributed by atoms with Crippen LogP contribution in [0, 0.1) is 0 Å². The molecule has 2 aromatic rings. The predicted molar refractivity (Wildman–Crippen MR) is 127 cm³/mol. The van der Waals surface area contributed by atoms with Gasteiger partial charge in [0.15, 0.2) is 11.5 Å². The second-order valence-corrected chi connectivity index (χ2v) is 8.95. The number of carbonyl (C=O) groups excluding carboxylic acids is 1. The van der Waals surface area contributed by atoms with Crippen molar-refractivity contribution in [3.8, 4) is 11.5 Å². The summed E-state index contributed by atoms with van der Waals surface area (Å²) >= 11 is 0. The molecule has 3 rings (SSSR count). The Bertz CT molecular complexity index is 963. The molecule has 0 aliphatic carbocycles. The summed E-state index contributed by atoms with van der Waals surface area (Å²) in [5.74, 6) is 0.485. The number of carboxylic acids is 1. The highest BCUT2D eigenvalue weighted by Gasteiger charge is 2.29. The Hall–Kier alpha value is -3.06. The van der Waals surface area contributed by atoms with Crippen molar-refractivity contribution in [3.63, 3.8) is 0 Å². The summed E-state index contributed by atoms with van der Waals surface area (Å²) in [7, 11) is 1.64. The number of amides is 1. The summed E-state index contributed by atoms with van der Waals surface area (Å²) in [6, 6.07) is 13.0. The van der Waals surface area contributed by atoms with Gasteiger partial charge in [-0.3, -0.25) is 14.5 Å². The maximum Gasteiger partial charge on any atom is 0.313 e. The Labute approximate surface area is 195 Å². The first-order valence-corrected chi connectivity index (χ1v) is 11.4. The average molecular weight is 455 g/mol. The van der Waals surface area contributed by atoms with Crippen molar-refractivity contribution in [2.24, 2.45) is 0 Å². The fourth-order valence-electron chi connectivity index (χ4n) is 4.01. The van der Waals surface area contributed by atoms with Gasteiger partial charge in [-0.1, -0.05) is 18.2 Å². The van der Waals surface area contributed by atoms with E-state index >= 15 is 0 Å². The van der Waals surface area contributed by atoms with Gasteiger partial charge in [-0.2, -0.15) is 0 Å². The molecule has 0 unspecified atom stereocenters. The molecule has 0 atom stereocenters. The molecule has 1 amide bonds. The van der Waals surface area contributed by atoms with Gasteiger partial charge < -0.3 is 19.9 Å². The lowest BCUT2D eigenvalue weighted by Crippen LogP contribution is -2.44. The molecule has 0 bridgehead atoms. The largest absolute Gasteiger partial charge is 0.493 e. The molecule has 1 aliphatic heterocycles. The number of aliphatic carboxylic acids is 1. The van der Waals surface area contributed by atoms with E-state index in [0.717, 1.165) is 44.0 Å². The van der Waals surface area contributed by atoms with Crippen LogP contribution in [0.2, 0.25) is 0 Å². The van der Waals surface area contributed by atoms with Crippen molar-refractivity contribution >= 4 is 11.9 Å². The smallest absolute Gasteiger partial charge is 0.313 e. The van der Waals surface area contributed by atoms with Crippen LogP contribution in [-0.4, -0.2) is 54.7 Å². The summed E-state index contributed by atoms with van der Waals surface area (Å²) in [4.78, 5) is 26.5. The minimum atomic E-state index is -0.991. The monoisotopic (exact) mass is 454 g/mol. The van der Waals surface area contributed by atoms with Crippen molar-refractivity contribution in [3.05, 3.63) is 59.2 Å². The van der Waals surface area contributed by atoms with Crippen molar-refractivity contribution < 1.29 is 24.2 Å². The van der Waals surface area contributed by atoms with E-state index in [4.69, 9.17) is 9.47 Å². The van der Waals surface area contributed by atoms with Gasteiger partial charge in [-0.05, 0) is 69.0 Å². The third-order valence-corrected chi connectivity index (χ3v) is 6.26. The van der Waals surface area contributed by atoms with E-state index in [1.807, 2.05) is 19.1 Å². The Morgan fingerprint density at radius 2 is 1.76 bits per heavy atom. The lowest BCUT2D eigenvalue weighted by molar-refractivity contribution is -0.142. The van der Waals surface area contributed by atoms with Crippen LogP contribution < -0.4 is 14.8 Å². The lowest BCUT2D eigenvalue weighted by atomic mass is 9.84. The van der Waals surface area contributed by atoms with Gasteiger partial charge >= 0.3 is 5.97 Å². The number of hydrogen-bond donors (Lipinski definition) is 2. The second kappa shape index (κ2) is 10.7. The molecule has 7 heteroatoms. The number of likely N-dealkylation sites (tertiary alicyclic amines) is 1. The van der Waals surface area contributed by atoms with Crippen molar-refractivity contribution in [1.82, 2.24) is 10.2 Å². The van der Waals surface area contributed by atoms with Gasteiger partial charge in [0.25, 0.3) is 5.91 Å². The molecule has 178 valence electrons. The van der Waals surface area contributed by atoms with Crippen LogP contribution in [0.1, 0.15) is 55.1 Å². The van der Waals surface area contributed by atoms with Crippen molar-refractivity contribution in [2.75, 3.05) is 26.8 Å². The van der Waals surface area contributed by atoms with Gasteiger partial charge in [-0.25, -0.2) is 0 Å². The maximum atomic E-state index is 12.7. The molecule has 0 spiro atoms. The predicted octanol–water partition coefficient (Wildman–Crippen LogP) is 3.85. The molecule has 1 fully saturated rings. The number of methoxy groups -OCH3 is 1. The molecule has 33 heavy (non-hydrogen) atoms. The van der Waals surface area contributed by atoms with E-state index < -0.39 is 11.4 Å². The number of carboxylic acid groups (broad SMARTS) is 1. The van der Waals surface area contributed by atoms with Crippen LogP contribution in [0.4, 0.5) is 0 Å². The van der Waals surface area contributed by atoms with Gasteiger partial charge in [-0.15, -0.1) is 0 Å². The molecule has 7 nitrogen and oxygen atoms in total. The fraction of sp³-hybridized carbons (Fsp3) is 0.462. The van der Waals surface area contributed by atoms with Crippen molar-refractivity contribution in [1.29, 1.82) is 0 Å². The zero-order valence-corrected chi connectivity index (χ0v) is 19.9. The molecule has 0 saturated carbocycles. The van der Waals surface area contributed by atoms with E-state index in [0.29, 0.717) is 17.7 Å². The first kappa shape index (κ1) is 24.6. The van der Waals surface area contributed by atoms with Gasteiger partial charge in [0.05, 0.1) is 19.1 Å². The Balaban J connectivity index is 1.52. The molecule has 0 radical (unpaired) electrons. The van der Waals surface area contributed by atoms with Crippen LogP contribution in [0.25, 0.3) is 0 Å². The summed E-state index contributed by atoms with van der Waals surface area (Å²) in [6.07, 6.45) is 1.76. The zero-order valence-electron chi connectivity index (χ0n) is 19.9. The highest BCUT2D eigenvalue weighted by atomic mass is 16.5. The molecule has 1 saturated heterocycles. The van der Waals surface area contributed by atoms with E-state index in [1.165, 1.54) is 5.56 Å². The van der Waals surface area contributed by atoms with Crippen LogP contribution in [0.3, 0.4) is 0 Å². The topological polar surface area (TPSA) is 88.1 Å². The van der Waals surface area contributed by atoms with E-state index in [-0.39, 0.29) is 11.9 Å². The molecule has 1 heterocycles. The summed E-state index contributed by atoms with van der Waals surface area (Å²) in [5, 5.41) is 12.5. The number of nitrogens with one attached hydrogen (secondary N) is 1. The molecule has 2 N–H and O–H groups in total. The van der Waals surface area contributed by atoms with E-state index in [1.54, 1.807) is 45.2 Å². The van der Waals surface area contributed by atoms with Gasteiger partial charge in [0, 0.05) is 31.2 Å². The average Bonchev–Trinajstić information content (AvgIpc) is 2.81. The van der Waals surface area contributed by atoms with Crippen LogP contribution in [-0.2, 0) is 16.8 Å². The number of nitrogens with zero attached hydrogens (tertiary/aromatic N) is 1. The minimum absolute atomic E-state index is 0.121. The van der Waals surface area contributed by atoms with E-state index in [2.05, 4.69) is 16.3 Å². The standard InChI is InChI=1S/C26H34N2O5/c1-5-33-23-16-18(6-11-22(23)32-4)17-28-14-12-21(13-15-28)27-24(29)19-7-9-20(10-8-19)26(2,3)25(30)31/h6-11,16,21H,5,12-15,17H2,1-4H3,(H,27,29)(H,30,31). The summed E-state index contributed by atoms with van der Waals surface area (Å²) in [5.41, 5.74) is 1.40. The number of piperidine rings is 1. The van der Waals surface area contributed by atoms with Gasteiger partial charge in [0.1, 0.15) is 0 Å². The molecule has 2 aromatic carbocycles. The number of hydrogen-bond acceptors (Lipinski definition) is 5.